The van der Waals surface area contributed by atoms with Crippen LogP contribution in [0.1, 0.15) is 65.9 Å². The molecule has 0 fully saturated rings. The lowest BCUT2D eigenvalue weighted by molar-refractivity contribution is -0.125. The average molecular weight is 344 g/mol. The summed E-state index contributed by atoms with van der Waals surface area (Å²) in [6, 6.07) is 5.95. The maximum absolute atomic E-state index is 12.7. The van der Waals surface area contributed by atoms with Crippen LogP contribution in [0.15, 0.2) is 18.2 Å². The van der Waals surface area contributed by atoms with Gasteiger partial charge in [-0.1, -0.05) is 53.5 Å². The van der Waals surface area contributed by atoms with Crippen molar-refractivity contribution in [2.45, 2.75) is 66.7 Å². The number of hydrogen-bond acceptors (Lipinski definition) is 2. The predicted octanol–water partition coefficient (Wildman–Crippen LogP) is 4.78. The summed E-state index contributed by atoms with van der Waals surface area (Å²) in [6.07, 6.45) is 4.73. The second kappa shape index (κ2) is 8.03. The Balaban J connectivity index is 2.17. The molecular weight excluding hydrogens is 312 g/mol. The van der Waals surface area contributed by atoms with Crippen LogP contribution in [0.2, 0.25) is 0 Å². The van der Waals surface area contributed by atoms with E-state index in [4.69, 9.17) is 0 Å². The van der Waals surface area contributed by atoms with Gasteiger partial charge in [0.2, 0.25) is 11.8 Å². The topological polar surface area (TPSA) is 49.4 Å². The minimum absolute atomic E-state index is 0.0653. The van der Waals surface area contributed by atoms with Crippen molar-refractivity contribution < 1.29 is 9.59 Å². The van der Waals surface area contributed by atoms with Crippen LogP contribution < -0.4 is 10.2 Å². The Labute approximate surface area is 152 Å². The molecule has 0 saturated carbocycles. The summed E-state index contributed by atoms with van der Waals surface area (Å²) in [5.74, 6) is 0.287. The molecule has 1 heterocycles. The third-order valence-electron chi connectivity index (χ3n) is 4.78. The molecule has 0 radical (unpaired) electrons. The van der Waals surface area contributed by atoms with E-state index < -0.39 is 5.41 Å². The van der Waals surface area contributed by atoms with Gasteiger partial charge in [-0.2, -0.15) is 0 Å². The SMILES string of the molecule is CCCC(CCC)C(=O)Nc1ccc2c(c1)N(C(=O)C(C)(C)C)CC2. The number of benzene rings is 1. The molecule has 0 bridgehead atoms. The Morgan fingerprint density at radius 2 is 1.80 bits per heavy atom. The molecule has 0 spiro atoms. The van der Waals surface area contributed by atoms with Crippen LogP contribution in [0.3, 0.4) is 0 Å². The molecular formula is C21H32N2O2. The van der Waals surface area contributed by atoms with Crippen LogP contribution in [0, 0.1) is 11.3 Å². The summed E-state index contributed by atoms with van der Waals surface area (Å²) in [5, 5.41) is 3.06. The zero-order valence-corrected chi connectivity index (χ0v) is 16.3. The fourth-order valence-electron chi connectivity index (χ4n) is 3.42. The standard InChI is InChI=1S/C21H32N2O2/c1-6-8-16(9-7-2)19(24)22-17-11-10-15-12-13-23(18(15)14-17)20(25)21(3,4)5/h10-11,14,16H,6-9,12-13H2,1-5H3,(H,22,24). The normalized spacial score (nSPS) is 13.9. The minimum Gasteiger partial charge on any atom is -0.326 e. The molecule has 0 unspecified atom stereocenters. The molecule has 0 aromatic heterocycles. The number of anilines is 2. The number of nitrogens with zero attached hydrogens (tertiary/aromatic N) is 1. The van der Waals surface area contributed by atoms with Gasteiger partial charge in [-0.25, -0.2) is 0 Å². The van der Waals surface area contributed by atoms with E-state index in [0.717, 1.165) is 50.0 Å². The monoisotopic (exact) mass is 344 g/mol. The summed E-state index contributed by atoms with van der Waals surface area (Å²) < 4.78 is 0. The van der Waals surface area contributed by atoms with E-state index in [1.54, 1.807) is 0 Å². The average Bonchev–Trinajstić information content (AvgIpc) is 2.96. The van der Waals surface area contributed by atoms with Crippen LogP contribution in [0.4, 0.5) is 11.4 Å². The predicted molar refractivity (Wildman–Crippen MR) is 104 cm³/mol. The fourth-order valence-corrected chi connectivity index (χ4v) is 3.42. The highest BCUT2D eigenvalue weighted by atomic mass is 16.2. The summed E-state index contributed by atoms with van der Waals surface area (Å²) >= 11 is 0. The van der Waals surface area contributed by atoms with Gasteiger partial charge in [-0.3, -0.25) is 9.59 Å². The number of rotatable bonds is 6. The van der Waals surface area contributed by atoms with Crippen LogP contribution in [-0.2, 0) is 16.0 Å². The van der Waals surface area contributed by atoms with Crippen LogP contribution in [-0.4, -0.2) is 18.4 Å². The maximum Gasteiger partial charge on any atom is 0.232 e. The first-order valence-corrected chi connectivity index (χ1v) is 9.53. The van der Waals surface area contributed by atoms with E-state index in [0.29, 0.717) is 0 Å². The van der Waals surface area contributed by atoms with Crippen molar-refractivity contribution in [3.63, 3.8) is 0 Å². The number of carbonyl (C=O) groups excluding carboxylic acids is 2. The number of amides is 2. The first-order chi connectivity index (χ1) is 11.8. The molecule has 2 rings (SSSR count). The van der Waals surface area contributed by atoms with Crippen molar-refractivity contribution in [2.75, 3.05) is 16.8 Å². The van der Waals surface area contributed by atoms with Gasteiger partial charge in [0.05, 0.1) is 0 Å². The molecule has 138 valence electrons. The molecule has 1 aliphatic rings. The molecule has 4 heteroatoms. The van der Waals surface area contributed by atoms with Crippen LogP contribution in [0.25, 0.3) is 0 Å². The second-order valence-electron chi connectivity index (χ2n) is 8.06. The number of fused-ring (bicyclic) bond motifs is 1. The lowest BCUT2D eigenvalue weighted by Crippen LogP contribution is -2.38. The Morgan fingerprint density at radius 1 is 1.16 bits per heavy atom. The molecule has 1 aliphatic heterocycles. The molecule has 1 aromatic carbocycles. The summed E-state index contributed by atoms with van der Waals surface area (Å²) in [6.45, 7) is 10.8. The molecule has 1 aromatic rings. The van der Waals surface area contributed by atoms with Gasteiger partial charge in [-0.05, 0) is 37.0 Å². The van der Waals surface area contributed by atoms with E-state index >= 15 is 0 Å². The quantitative estimate of drug-likeness (QED) is 0.807. The van der Waals surface area contributed by atoms with Gasteiger partial charge in [0.1, 0.15) is 0 Å². The lowest BCUT2D eigenvalue weighted by Gasteiger charge is -2.26. The highest BCUT2D eigenvalue weighted by molar-refractivity contribution is 6.00. The molecule has 0 aliphatic carbocycles. The largest absolute Gasteiger partial charge is 0.326 e. The van der Waals surface area contributed by atoms with Crippen molar-refractivity contribution in [3.05, 3.63) is 23.8 Å². The summed E-state index contributed by atoms with van der Waals surface area (Å²) in [7, 11) is 0. The highest BCUT2D eigenvalue weighted by Crippen LogP contribution is 2.34. The van der Waals surface area contributed by atoms with Gasteiger partial charge >= 0.3 is 0 Å². The van der Waals surface area contributed by atoms with Gasteiger partial charge in [0.25, 0.3) is 0 Å². The molecule has 1 N–H and O–H groups in total. The van der Waals surface area contributed by atoms with Gasteiger partial charge in [-0.15, -0.1) is 0 Å². The van der Waals surface area contributed by atoms with Crippen molar-refractivity contribution in [2.24, 2.45) is 11.3 Å². The summed E-state index contributed by atoms with van der Waals surface area (Å²) in [5.41, 5.74) is 2.50. The highest BCUT2D eigenvalue weighted by Gasteiger charge is 2.32. The smallest absolute Gasteiger partial charge is 0.232 e. The Bertz CT molecular complexity index is 625. The Kier molecular flexibility index (Phi) is 6.26. The van der Waals surface area contributed by atoms with Crippen molar-refractivity contribution in [1.82, 2.24) is 0 Å². The van der Waals surface area contributed by atoms with E-state index in [-0.39, 0.29) is 17.7 Å². The maximum atomic E-state index is 12.7. The lowest BCUT2D eigenvalue weighted by atomic mass is 9.94. The zero-order chi connectivity index (χ0) is 18.6. The number of hydrogen-bond donors (Lipinski definition) is 1. The minimum atomic E-state index is -0.409. The molecule has 4 nitrogen and oxygen atoms in total. The first-order valence-electron chi connectivity index (χ1n) is 9.53. The Morgan fingerprint density at radius 3 is 2.36 bits per heavy atom. The van der Waals surface area contributed by atoms with Crippen molar-refractivity contribution in [1.29, 1.82) is 0 Å². The fraction of sp³-hybridized carbons (Fsp3) is 0.619. The molecule has 25 heavy (non-hydrogen) atoms. The van der Waals surface area contributed by atoms with Gasteiger partial charge in [0, 0.05) is 29.3 Å². The second-order valence-corrected chi connectivity index (χ2v) is 8.06. The third kappa shape index (κ3) is 4.62. The number of carbonyl (C=O) groups is 2. The van der Waals surface area contributed by atoms with Crippen LogP contribution >= 0.6 is 0 Å². The third-order valence-corrected chi connectivity index (χ3v) is 4.78. The number of nitrogens with one attached hydrogen (secondary N) is 1. The van der Waals surface area contributed by atoms with Gasteiger partial charge < -0.3 is 10.2 Å². The van der Waals surface area contributed by atoms with E-state index in [9.17, 15) is 9.59 Å². The molecule has 0 saturated heterocycles. The van der Waals surface area contributed by atoms with E-state index in [1.165, 1.54) is 5.56 Å². The first kappa shape index (κ1) is 19.5. The van der Waals surface area contributed by atoms with Crippen molar-refractivity contribution in [3.8, 4) is 0 Å². The van der Waals surface area contributed by atoms with Crippen LogP contribution in [0.5, 0.6) is 0 Å². The molecule has 0 atom stereocenters. The van der Waals surface area contributed by atoms with Crippen molar-refractivity contribution >= 4 is 23.2 Å². The van der Waals surface area contributed by atoms with Gasteiger partial charge in [0.15, 0.2) is 0 Å². The van der Waals surface area contributed by atoms with E-state index in [1.807, 2.05) is 43.9 Å². The zero-order valence-electron chi connectivity index (χ0n) is 16.3. The van der Waals surface area contributed by atoms with E-state index in [2.05, 4.69) is 19.2 Å². The summed E-state index contributed by atoms with van der Waals surface area (Å²) in [4.78, 5) is 27.1. The molecule has 2 amide bonds. The Hall–Kier alpha value is -1.84.